The van der Waals surface area contributed by atoms with Crippen LogP contribution < -0.4 is 5.32 Å². The molecule has 0 unspecified atom stereocenters. The van der Waals surface area contributed by atoms with Gasteiger partial charge in [-0.15, -0.1) is 0 Å². The Kier molecular flexibility index (Phi) is 4.35. The topological polar surface area (TPSA) is 72.0 Å². The van der Waals surface area contributed by atoms with Crippen LogP contribution in [0.3, 0.4) is 0 Å². The van der Waals surface area contributed by atoms with Gasteiger partial charge in [-0.3, -0.25) is 0 Å². The van der Waals surface area contributed by atoms with Crippen molar-refractivity contribution in [2.24, 2.45) is 0 Å². The van der Waals surface area contributed by atoms with Gasteiger partial charge in [0.05, 0.1) is 11.5 Å². The second kappa shape index (κ2) is 6.26. The van der Waals surface area contributed by atoms with Crippen LogP contribution in [0, 0.1) is 6.92 Å². The summed E-state index contributed by atoms with van der Waals surface area (Å²) in [6.45, 7) is 1.91. The summed E-state index contributed by atoms with van der Waals surface area (Å²) in [5, 5.41) is 3.92. The molecule has 1 aliphatic rings. The monoisotopic (exact) mass is 335 g/mol. The van der Waals surface area contributed by atoms with Gasteiger partial charge in [0.1, 0.15) is 5.82 Å². The second-order valence-electron chi connectivity index (χ2n) is 5.31. The number of aromatic nitrogens is 2. The van der Waals surface area contributed by atoms with Crippen molar-refractivity contribution in [1.82, 2.24) is 9.97 Å². The number of aryl methyl sites for hydroxylation is 1. The summed E-state index contributed by atoms with van der Waals surface area (Å²) >= 11 is 1.45. The zero-order valence-electron chi connectivity index (χ0n) is 12.2. The maximum atomic E-state index is 11.5. The summed E-state index contributed by atoms with van der Waals surface area (Å²) in [6.07, 6.45) is 0.672. The number of para-hydroxylation sites is 1. The third-order valence-corrected chi connectivity index (χ3v) is 6.45. The van der Waals surface area contributed by atoms with Gasteiger partial charge >= 0.3 is 0 Å². The molecule has 0 spiro atoms. The van der Waals surface area contributed by atoms with Gasteiger partial charge in [-0.05, 0) is 25.5 Å². The first kappa shape index (κ1) is 15.3. The molecule has 0 bridgehead atoms. The maximum absolute atomic E-state index is 11.5. The number of sulfone groups is 1. The molecule has 116 valence electrons. The first-order chi connectivity index (χ1) is 10.5. The van der Waals surface area contributed by atoms with Crippen molar-refractivity contribution < 1.29 is 8.42 Å². The summed E-state index contributed by atoms with van der Waals surface area (Å²) < 4.78 is 23.1. The highest BCUT2D eigenvalue weighted by Crippen LogP contribution is 2.30. The predicted molar refractivity (Wildman–Crippen MR) is 89.4 cm³/mol. The van der Waals surface area contributed by atoms with Gasteiger partial charge in [0.2, 0.25) is 0 Å². The Morgan fingerprint density at radius 2 is 2.00 bits per heavy atom. The number of hydrogen-bond acceptors (Lipinski definition) is 6. The molecule has 0 saturated carbocycles. The van der Waals surface area contributed by atoms with E-state index in [2.05, 4.69) is 15.3 Å². The summed E-state index contributed by atoms with van der Waals surface area (Å²) in [5.74, 6) is 1.21. The standard InChI is InChI=1S/C15H17N3O2S2/c1-11-9-14(17-12-5-3-2-4-6-12)18-15(16-11)21-13-7-8-22(19,20)10-13/h2-6,9,13H,7-8,10H2,1H3,(H,16,17,18)/t13-/m1/s1. The van der Waals surface area contributed by atoms with E-state index in [1.807, 2.05) is 43.3 Å². The number of benzene rings is 1. The fourth-order valence-corrected chi connectivity index (χ4v) is 5.80. The highest BCUT2D eigenvalue weighted by atomic mass is 32.2. The molecule has 1 aliphatic heterocycles. The fourth-order valence-electron chi connectivity index (χ4n) is 2.33. The third-order valence-electron chi connectivity index (χ3n) is 3.34. The molecule has 3 rings (SSSR count). The second-order valence-corrected chi connectivity index (χ2v) is 8.81. The van der Waals surface area contributed by atoms with Crippen LogP contribution in [0.4, 0.5) is 11.5 Å². The lowest BCUT2D eigenvalue weighted by Gasteiger charge is -2.10. The number of anilines is 2. The fraction of sp³-hybridized carbons (Fsp3) is 0.333. The molecular formula is C15H17N3O2S2. The lowest BCUT2D eigenvalue weighted by atomic mass is 10.3. The van der Waals surface area contributed by atoms with E-state index in [1.54, 1.807) is 0 Å². The van der Waals surface area contributed by atoms with Crippen molar-refractivity contribution in [3.8, 4) is 0 Å². The van der Waals surface area contributed by atoms with Gasteiger partial charge in [-0.25, -0.2) is 18.4 Å². The molecule has 0 radical (unpaired) electrons. The Hall–Kier alpha value is -1.60. The molecule has 1 aromatic heterocycles. The van der Waals surface area contributed by atoms with Crippen LogP contribution in [0.5, 0.6) is 0 Å². The van der Waals surface area contributed by atoms with Gasteiger partial charge in [0.15, 0.2) is 15.0 Å². The van der Waals surface area contributed by atoms with E-state index in [-0.39, 0.29) is 16.8 Å². The molecule has 1 atom stereocenters. The van der Waals surface area contributed by atoms with Crippen LogP contribution in [0.15, 0.2) is 41.6 Å². The van der Waals surface area contributed by atoms with Crippen molar-refractivity contribution in [3.05, 3.63) is 42.1 Å². The molecular weight excluding hydrogens is 318 g/mol. The first-order valence-corrected chi connectivity index (χ1v) is 9.75. The zero-order valence-corrected chi connectivity index (χ0v) is 13.8. The van der Waals surface area contributed by atoms with Gasteiger partial charge < -0.3 is 5.32 Å². The average Bonchev–Trinajstić information content (AvgIpc) is 2.78. The Morgan fingerprint density at radius 3 is 2.68 bits per heavy atom. The molecule has 7 heteroatoms. The minimum atomic E-state index is -2.88. The van der Waals surface area contributed by atoms with Gasteiger partial charge in [-0.2, -0.15) is 0 Å². The molecule has 1 N–H and O–H groups in total. The number of nitrogens with zero attached hydrogens (tertiary/aromatic N) is 2. The largest absolute Gasteiger partial charge is 0.340 e. The molecule has 5 nitrogen and oxygen atoms in total. The summed E-state index contributed by atoms with van der Waals surface area (Å²) in [7, 11) is -2.88. The van der Waals surface area contributed by atoms with E-state index >= 15 is 0 Å². The molecule has 1 saturated heterocycles. The lowest BCUT2D eigenvalue weighted by molar-refractivity contribution is 0.602. The van der Waals surface area contributed by atoms with E-state index < -0.39 is 9.84 Å². The minimum Gasteiger partial charge on any atom is -0.340 e. The van der Waals surface area contributed by atoms with Crippen LogP contribution in [-0.2, 0) is 9.84 Å². The Labute approximate surface area is 134 Å². The maximum Gasteiger partial charge on any atom is 0.190 e. The number of rotatable bonds is 4. The SMILES string of the molecule is Cc1cc(Nc2ccccc2)nc(S[C@@H]2CCS(=O)(=O)C2)n1. The van der Waals surface area contributed by atoms with Crippen LogP contribution in [0.2, 0.25) is 0 Å². The molecule has 2 aromatic rings. The highest BCUT2D eigenvalue weighted by Gasteiger charge is 2.29. The van der Waals surface area contributed by atoms with Crippen molar-refractivity contribution in [2.75, 3.05) is 16.8 Å². The van der Waals surface area contributed by atoms with E-state index in [9.17, 15) is 8.42 Å². The quantitative estimate of drug-likeness (QED) is 0.866. The molecule has 0 amide bonds. The summed E-state index contributed by atoms with van der Waals surface area (Å²) in [4.78, 5) is 8.89. The summed E-state index contributed by atoms with van der Waals surface area (Å²) in [5.41, 5.74) is 1.82. The molecule has 22 heavy (non-hydrogen) atoms. The van der Waals surface area contributed by atoms with E-state index in [0.717, 1.165) is 17.2 Å². The lowest BCUT2D eigenvalue weighted by Crippen LogP contribution is -2.07. The smallest absolute Gasteiger partial charge is 0.190 e. The summed E-state index contributed by atoms with van der Waals surface area (Å²) in [6, 6.07) is 11.7. The normalized spacial score (nSPS) is 20.0. The van der Waals surface area contributed by atoms with Crippen molar-refractivity contribution in [1.29, 1.82) is 0 Å². The van der Waals surface area contributed by atoms with Gasteiger partial charge in [0, 0.05) is 22.7 Å². The number of hydrogen-bond donors (Lipinski definition) is 1. The Morgan fingerprint density at radius 1 is 1.23 bits per heavy atom. The predicted octanol–water partition coefficient (Wildman–Crippen LogP) is 2.81. The van der Waals surface area contributed by atoms with E-state index in [1.165, 1.54) is 11.8 Å². The van der Waals surface area contributed by atoms with Crippen molar-refractivity contribution in [2.45, 2.75) is 23.8 Å². The highest BCUT2D eigenvalue weighted by molar-refractivity contribution is 8.01. The minimum absolute atomic E-state index is 0.0522. The molecule has 2 heterocycles. The molecule has 0 aliphatic carbocycles. The number of nitrogens with one attached hydrogen (secondary N) is 1. The molecule has 1 fully saturated rings. The van der Waals surface area contributed by atoms with Crippen LogP contribution in [-0.4, -0.2) is 35.1 Å². The van der Waals surface area contributed by atoms with Gasteiger partial charge in [0.25, 0.3) is 0 Å². The van der Waals surface area contributed by atoms with Crippen LogP contribution in [0.1, 0.15) is 12.1 Å². The Balaban J connectivity index is 1.75. The number of thioether (sulfide) groups is 1. The first-order valence-electron chi connectivity index (χ1n) is 7.05. The van der Waals surface area contributed by atoms with Crippen molar-refractivity contribution in [3.63, 3.8) is 0 Å². The van der Waals surface area contributed by atoms with E-state index in [4.69, 9.17) is 0 Å². The third kappa shape index (κ3) is 3.98. The van der Waals surface area contributed by atoms with Crippen LogP contribution >= 0.6 is 11.8 Å². The van der Waals surface area contributed by atoms with Gasteiger partial charge in [-0.1, -0.05) is 30.0 Å². The zero-order chi connectivity index (χ0) is 15.6. The molecule has 1 aromatic carbocycles. The van der Waals surface area contributed by atoms with E-state index in [0.29, 0.717) is 11.6 Å². The Bertz CT molecular complexity index is 764. The van der Waals surface area contributed by atoms with Crippen molar-refractivity contribution >= 4 is 33.1 Å². The van der Waals surface area contributed by atoms with Crippen LogP contribution in [0.25, 0.3) is 0 Å². The average molecular weight is 335 g/mol.